The summed E-state index contributed by atoms with van der Waals surface area (Å²) in [7, 11) is 0. The number of rotatable bonds is 4. The molecule has 0 unspecified atom stereocenters. The van der Waals surface area contributed by atoms with Crippen LogP contribution >= 0.6 is 12.2 Å². The van der Waals surface area contributed by atoms with E-state index in [1.54, 1.807) is 36.4 Å². The quantitative estimate of drug-likeness (QED) is 0.393. The fraction of sp³-hybridized carbons (Fsp3) is 0. The molecular formula is C15H13N3O3S. The molecule has 0 heterocycles. The molecule has 0 bridgehead atoms. The van der Waals surface area contributed by atoms with Crippen molar-refractivity contribution in [2.24, 2.45) is 5.10 Å². The van der Waals surface area contributed by atoms with Crippen molar-refractivity contribution in [1.29, 1.82) is 0 Å². The van der Waals surface area contributed by atoms with Gasteiger partial charge in [-0.1, -0.05) is 12.1 Å². The predicted octanol–water partition coefficient (Wildman–Crippen LogP) is 2.41. The lowest BCUT2D eigenvalue weighted by Gasteiger charge is -2.07. The zero-order valence-electron chi connectivity index (χ0n) is 11.4. The van der Waals surface area contributed by atoms with E-state index in [4.69, 9.17) is 17.3 Å². The highest BCUT2D eigenvalue weighted by Gasteiger charge is 2.02. The number of hydrogen-bond acceptors (Lipinski definition) is 4. The minimum absolute atomic E-state index is 0.121. The first-order valence-corrected chi connectivity index (χ1v) is 6.68. The van der Waals surface area contributed by atoms with Crippen LogP contribution in [0.2, 0.25) is 0 Å². The molecule has 0 atom stereocenters. The summed E-state index contributed by atoms with van der Waals surface area (Å²) in [5.74, 6) is -0.865. The summed E-state index contributed by atoms with van der Waals surface area (Å²) in [6.07, 6.45) is 1.44. The summed E-state index contributed by atoms with van der Waals surface area (Å²) >= 11 is 5.05. The number of phenolic OH excluding ortho intramolecular Hbond substituents is 1. The molecule has 2 aromatic rings. The number of aromatic carboxylic acids is 1. The van der Waals surface area contributed by atoms with E-state index in [0.29, 0.717) is 11.3 Å². The average molecular weight is 315 g/mol. The van der Waals surface area contributed by atoms with Crippen molar-refractivity contribution in [2.45, 2.75) is 0 Å². The van der Waals surface area contributed by atoms with E-state index in [1.165, 1.54) is 18.3 Å². The van der Waals surface area contributed by atoms with Gasteiger partial charge in [0, 0.05) is 11.3 Å². The lowest BCUT2D eigenvalue weighted by Crippen LogP contribution is -2.23. The molecule has 0 fully saturated rings. The fourth-order valence-electron chi connectivity index (χ4n) is 1.61. The maximum atomic E-state index is 10.7. The van der Waals surface area contributed by atoms with Gasteiger partial charge in [-0.15, -0.1) is 0 Å². The largest absolute Gasteiger partial charge is 0.507 e. The summed E-state index contributed by atoms with van der Waals surface area (Å²) < 4.78 is 0. The molecule has 0 spiro atoms. The zero-order chi connectivity index (χ0) is 15.9. The summed E-state index contributed by atoms with van der Waals surface area (Å²) in [5.41, 5.74) is 4.00. The Morgan fingerprint density at radius 1 is 1.14 bits per heavy atom. The van der Waals surface area contributed by atoms with Crippen LogP contribution in [-0.2, 0) is 0 Å². The van der Waals surface area contributed by atoms with Gasteiger partial charge in [0.15, 0.2) is 5.11 Å². The summed E-state index contributed by atoms with van der Waals surface area (Å²) in [4.78, 5) is 10.7. The Bertz CT molecular complexity index is 714. The Hall–Kier alpha value is -2.93. The van der Waals surface area contributed by atoms with Crippen LogP contribution in [0.15, 0.2) is 53.6 Å². The molecule has 2 rings (SSSR count). The van der Waals surface area contributed by atoms with E-state index in [-0.39, 0.29) is 16.4 Å². The lowest BCUT2D eigenvalue weighted by molar-refractivity contribution is 0.0697. The minimum atomic E-state index is -0.987. The first-order valence-electron chi connectivity index (χ1n) is 6.27. The third-order valence-corrected chi connectivity index (χ3v) is 2.89. The fourth-order valence-corrected chi connectivity index (χ4v) is 1.78. The number of carboxylic acids is 1. The van der Waals surface area contributed by atoms with E-state index < -0.39 is 5.97 Å². The molecule has 7 heteroatoms. The third kappa shape index (κ3) is 4.29. The van der Waals surface area contributed by atoms with Crippen LogP contribution in [0, 0.1) is 0 Å². The highest BCUT2D eigenvalue weighted by Crippen LogP contribution is 2.12. The van der Waals surface area contributed by atoms with Crippen molar-refractivity contribution >= 4 is 35.2 Å². The number of hydrazone groups is 1. The van der Waals surface area contributed by atoms with Crippen LogP contribution < -0.4 is 10.7 Å². The predicted molar refractivity (Wildman–Crippen MR) is 88.5 cm³/mol. The molecule has 0 amide bonds. The van der Waals surface area contributed by atoms with E-state index >= 15 is 0 Å². The summed E-state index contributed by atoms with van der Waals surface area (Å²) in [6, 6.07) is 12.9. The van der Waals surface area contributed by atoms with Crippen LogP contribution in [0.5, 0.6) is 5.75 Å². The van der Waals surface area contributed by atoms with Gasteiger partial charge in [-0.25, -0.2) is 4.79 Å². The maximum absolute atomic E-state index is 10.7. The molecule has 0 radical (unpaired) electrons. The van der Waals surface area contributed by atoms with Gasteiger partial charge < -0.3 is 15.5 Å². The average Bonchev–Trinajstić information content (AvgIpc) is 2.50. The molecular weight excluding hydrogens is 302 g/mol. The van der Waals surface area contributed by atoms with E-state index in [9.17, 15) is 9.90 Å². The monoisotopic (exact) mass is 315 g/mol. The number of nitrogens with zero attached hydrogens (tertiary/aromatic N) is 1. The molecule has 0 saturated carbocycles. The van der Waals surface area contributed by atoms with E-state index in [1.807, 2.05) is 0 Å². The summed E-state index contributed by atoms with van der Waals surface area (Å²) in [5, 5.41) is 25.4. The van der Waals surface area contributed by atoms with Crippen LogP contribution in [0.4, 0.5) is 5.69 Å². The van der Waals surface area contributed by atoms with Gasteiger partial charge in [-0.3, -0.25) is 5.43 Å². The lowest BCUT2D eigenvalue weighted by atomic mass is 10.2. The van der Waals surface area contributed by atoms with Gasteiger partial charge in [0.05, 0.1) is 11.8 Å². The molecule has 0 saturated heterocycles. The number of hydrogen-bond donors (Lipinski definition) is 4. The number of nitrogens with one attached hydrogen (secondary N) is 2. The molecule has 112 valence electrons. The second-order valence-electron chi connectivity index (χ2n) is 4.27. The molecule has 0 aliphatic rings. The van der Waals surface area contributed by atoms with E-state index in [2.05, 4.69) is 15.8 Å². The molecule has 0 aliphatic heterocycles. The van der Waals surface area contributed by atoms with Crippen LogP contribution in [0.3, 0.4) is 0 Å². The number of para-hydroxylation sites is 1. The van der Waals surface area contributed by atoms with Crippen LogP contribution in [0.1, 0.15) is 15.9 Å². The minimum Gasteiger partial charge on any atom is -0.507 e. The van der Waals surface area contributed by atoms with E-state index in [0.717, 1.165) is 0 Å². The van der Waals surface area contributed by atoms with Gasteiger partial charge in [0.1, 0.15) is 5.75 Å². The Balaban J connectivity index is 1.90. The van der Waals surface area contributed by atoms with Crippen molar-refractivity contribution in [2.75, 3.05) is 5.32 Å². The first kappa shape index (κ1) is 15.5. The van der Waals surface area contributed by atoms with Gasteiger partial charge in [-0.2, -0.15) is 5.10 Å². The normalized spacial score (nSPS) is 10.4. The molecule has 2 aromatic carbocycles. The Kier molecular flexibility index (Phi) is 5.05. The van der Waals surface area contributed by atoms with Crippen molar-refractivity contribution < 1.29 is 15.0 Å². The molecule has 22 heavy (non-hydrogen) atoms. The standard InChI is InChI=1S/C15H13N3O3S/c19-13-4-2-1-3-11(13)9-16-18-15(22)17-12-7-5-10(6-8-12)14(20)21/h1-9,19H,(H,20,21)(H2,17,18,22)/b16-9+. The zero-order valence-corrected chi connectivity index (χ0v) is 12.2. The molecule has 4 N–H and O–H groups in total. The number of phenols is 1. The number of anilines is 1. The summed E-state index contributed by atoms with van der Waals surface area (Å²) in [6.45, 7) is 0. The van der Waals surface area contributed by atoms with Crippen molar-refractivity contribution in [3.8, 4) is 5.75 Å². The molecule has 6 nitrogen and oxygen atoms in total. The molecule has 0 aliphatic carbocycles. The Morgan fingerprint density at radius 2 is 1.82 bits per heavy atom. The van der Waals surface area contributed by atoms with Crippen LogP contribution in [-0.4, -0.2) is 27.5 Å². The smallest absolute Gasteiger partial charge is 0.335 e. The number of thiocarbonyl (C=S) groups is 1. The van der Waals surface area contributed by atoms with Gasteiger partial charge in [0.25, 0.3) is 0 Å². The number of carboxylic acid groups (broad SMARTS) is 1. The topological polar surface area (TPSA) is 94.0 Å². The molecule has 0 aromatic heterocycles. The first-order chi connectivity index (χ1) is 10.6. The number of carbonyl (C=O) groups is 1. The highest BCUT2D eigenvalue weighted by atomic mass is 32.1. The number of benzene rings is 2. The van der Waals surface area contributed by atoms with Crippen molar-refractivity contribution in [3.05, 3.63) is 59.7 Å². The van der Waals surface area contributed by atoms with Gasteiger partial charge in [0.2, 0.25) is 0 Å². The second kappa shape index (κ2) is 7.19. The maximum Gasteiger partial charge on any atom is 0.335 e. The van der Waals surface area contributed by atoms with Gasteiger partial charge >= 0.3 is 5.97 Å². The highest BCUT2D eigenvalue weighted by molar-refractivity contribution is 7.80. The second-order valence-corrected chi connectivity index (χ2v) is 4.67. The Labute approximate surface area is 132 Å². The third-order valence-electron chi connectivity index (χ3n) is 2.70. The SMILES string of the molecule is O=C(O)c1ccc(NC(=S)N/N=C/c2ccccc2O)cc1. The van der Waals surface area contributed by atoms with Crippen molar-refractivity contribution in [3.63, 3.8) is 0 Å². The van der Waals surface area contributed by atoms with Gasteiger partial charge in [-0.05, 0) is 48.6 Å². The van der Waals surface area contributed by atoms with Crippen LogP contribution in [0.25, 0.3) is 0 Å². The van der Waals surface area contributed by atoms with Crippen molar-refractivity contribution in [1.82, 2.24) is 5.43 Å². The Morgan fingerprint density at radius 3 is 2.45 bits per heavy atom. The number of aromatic hydroxyl groups is 1.